The van der Waals surface area contributed by atoms with Gasteiger partial charge in [0, 0.05) is 0 Å². The second kappa shape index (κ2) is 7.49. The molecular formula is C16H14Cl2O4. The lowest BCUT2D eigenvalue weighted by atomic mass is 10.1. The van der Waals surface area contributed by atoms with Gasteiger partial charge < -0.3 is 14.6 Å². The van der Waals surface area contributed by atoms with E-state index in [0.717, 1.165) is 5.56 Å². The van der Waals surface area contributed by atoms with E-state index in [0.29, 0.717) is 28.0 Å². The van der Waals surface area contributed by atoms with Gasteiger partial charge in [-0.2, -0.15) is 0 Å². The maximum absolute atomic E-state index is 11.3. The quantitative estimate of drug-likeness (QED) is 0.845. The van der Waals surface area contributed by atoms with Crippen LogP contribution in [0.25, 0.3) is 0 Å². The summed E-state index contributed by atoms with van der Waals surface area (Å²) in [6.45, 7) is 0.451. The van der Waals surface area contributed by atoms with Gasteiger partial charge in [-0.1, -0.05) is 41.4 Å². The third-order valence-corrected chi connectivity index (χ3v) is 3.80. The highest BCUT2D eigenvalue weighted by Crippen LogP contribution is 2.25. The van der Waals surface area contributed by atoms with Crippen LogP contribution in [0.1, 0.15) is 21.5 Å². The Labute approximate surface area is 138 Å². The van der Waals surface area contributed by atoms with Crippen LogP contribution in [-0.2, 0) is 18.0 Å². The van der Waals surface area contributed by atoms with Gasteiger partial charge in [0.2, 0.25) is 0 Å². The van der Waals surface area contributed by atoms with Crippen molar-refractivity contribution in [2.45, 2.75) is 13.2 Å². The van der Waals surface area contributed by atoms with E-state index in [2.05, 4.69) is 0 Å². The van der Waals surface area contributed by atoms with Gasteiger partial charge in [-0.25, -0.2) is 4.79 Å². The number of methoxy groups -OCH3 is 1. The lowest BCUT2D eigenvalue weighted by Crippen LogP contribution is -2.07. The summed E-state index contributed by atoms with van der Waals surface area (Å²) < 4.78 is 10.6. The van der Waals surface area contributed by atoms with Crippen molar-refractivity contribution < 1.29 is 19.4 Å². The molecule has 6 heteroatoms. The molecule has 2 rings (SSSR count). The molecular weight excluding hydrogens is 327 g/mol. The van der Waals surface area contributed by atoms with Gasteiger partial charge in [0.1, 0.15) is 11.3 Å². The van der Waals surface area contributed by atoms with Crippen LogP contribution >= 0.6 is 23.2 Å². The summed E-state index contributed by atoms with van der Waals surface area (Å²) in [7, 11) is 1.43. The number of carboxylic acid groups (broad SMARTS) is 1. The van der Waals surface area contributed by atoms with Crippen LogP contribution in [0.5, 0.6) is 5.75 Å². The Balaban J connectivity index is 2.08. The number of aromatic carboxylic acids is 1. The number of hydrogen-bond donors (Lipinski definition) is 1. The summed E-state index contributed by atoms with van der Waals surface area (Å²) in [5.74, 6) is -0.742. The van der Waals surface area contributed by atoms with E-state index in [4.69, 9.17) is 32.7 Å². The fourth-order valence-corrected chi connectivity index (χ4v) is 2.34. The number of ether oxygens (including phenoxy) is 2. The Morgan fingerprint density at radius 1 is 1.14 bits per heavy atom. The average Bonchev–Trinajstić information content (AvgIpc) is 2.50. The Bertz CT molecular complexity index is 686. The van der Waals surface area contributed by atoms with E-state index in [9.17, 15) is 9.90 Å². The van der Waals surface area contributed by atoms with Crippen molar-refractivity contribution in [2.75, 3.05) is 7.11 Å². The van der Waals surface area contributed by atoms with Gasteiger partial charge in [0.25, 0.3) is 0 Å². The van der Waals surface area contributed by atoms with Crippen LogP contribution < -0.4 is 4.74 Å². The fourth-order valence-electron chi connectivity index (χ4n) is 2.02. The molecule has 0 amide bonds. The molecule has 0 aliphatic carbocycles. The molecule has 1 N–H and O–H groups in total. The SMILES string of the molecule is COc1cccc(COCc2ccc(Cl)c(Cl)c2)c1C(=O)O. The predicted octanol–water partition coefficient (Wildman–Crippen LogP) is 4.42. The predicted molar refractivity (Wildman–Crippen MR) is 84.9 cm³/mol. The lowest BCUT2D eigenvalue weighted by Gasteiger charge is -2.11. The van der Waals surface area contributed by atoms with E-state index in [-0.39, 0.29) is 12.2 Å². The Hall–Kier alpha value is -1.75. The molecule has 2 aromatic carbocycles. The standard InChI is InChI=1S/C16H14Cl2O4/c1-21-14-4-2-3-11(15(14)16(19)20)9-22-8-10-5-6-12(17)13(18)7-10/h2-7H,8-9H2,1H3,(H,19,20). The largest absolute Gasteiger partial charge is 0.496 e. The maximum Gasteiger partial charge on any atom is 0.339 e. The lowest BCUT2D eigenvalue weighted by molar-refractivity contribution is 0.0680. The van der Waals surface area contributed by atoms with Crippen LogP contribution in [0, 0.1) is 0 Å². The van der Waals surface area contributed by atoms with E-state index in [1.807, 2.05) is 0 Å². The maximum atomic E-state index is 11.3. The first-order chi connectivity index (χ1) is 10.5. The molecule has 0 saturated heterocycles. The van der Waals surface area contributed by atoms with Crippen molar-refractivity contribution in [2.24, 2.45) is 0 Å². The summed E-state index contributed by atoms with van der Waals surface area (Å²) in [5.41, 5.74) is 1.51. The molecule has 0 unspecified atom stereocenters. The van der Waals surface area contributed by atoms with Crippen LogP contribution in [0.15, 0.2) is 36.4 Å². The van der Waals surface area contributed by atoms with Gasteiger partial charge in [-0.15, -0.1) is 0 Å². The topological polar surface area (TPSA) is 55.8 Å². The highest BCUT2D eigenvalue weighted by atomic mass is 35.5. The zero-order chi connectivity index (χ0) is 16.1. The molecule has 22 heavy (non-hydrogen) atoms. The van der Waals surface area contributed by atoms with Gasteiger partial charge in [0.05, 0.1) is 30.4 Å². The molecule has 0 saturated carbocycles. The van der Waals surface area contributed by atoms with Crippen LogP contribution in [0.4, 0.5) is 0 Å². The minimum Gasteiger partial charge on any atom is -0.496 e. The van der Waals surface area contributed by atoms with Gasteiger partial charge in [0.15, 0.2) is 0 Å². The Morgan fingerprint density at radius 3 is 2.55 bits per heavy atom. The number of hydrogen-bond acceptors (Lipinski definition) is 3. The summed E-state index contributed by atoms with van der Waals surface area (Å²) in [4.78, 5) is 11.3. The second-order valence-corrected chi connectivity index (χ2v) is 5.36. The number of benzene rings is 2. The molecule has 2 aromatic rings. The molecule has 0 heterocycles. The Morgan fingerprint density at radius 2 is 1.91 bits per heavy atom. The third kappa shape index (κ3) is 3.91. The minimum atomic E-state index is -1.05. The number of carbonyl (C=O) groups is 1. The van der Waals surface area contributed by atoms with Gasteiger partial charge in [-0.3, -0.25) is 0 Å². The van der Waals surface area contributed by atoms with Gasteiger partial charge >= 0.3 is 5.97 Å². The average molecular weight is 341 g/mol. The van der Waals surface area contributed by atoms with Crippen LogP contribution in [-0.4, -0.2) is 18.2 Å². The van der Waals surface area contributed by atoms with Crippen LogP contribution in [0.2, 0.25) is 10.0 Å². The molecule has 0 aliphatic heterocycles. The zero-order valence-corrected chi connectivity index (χ0v) is 13.3. The van der Waals surface area contributed by atoms with Crippen molar-refractivity contribution in [1.29, 1.82) is 0 Å². The highest BCUT2D eigenvalue weighted by Gasteiger charge is 2.16. The summed E-state index contributed by atoms with van der Waals surface area (Å²) in [6.07, 6.45) is 0. The second-order valence-electron chi connectivity index (χ2n) is 4.54. The summed E-state index contributed by atoms with van der Waals surface area (Å²) >= 11 is 11.8. The zero-order valence-electron chi connectivity index (χ0n) is 11.8. The van der Waals surface area contributed by atoms with Crippen LogP contribution in [0.3, 0.4) is 0 Å². The van der Waals surface area contributed by atoms with E-state index < -0.39 is 5.97 Å². The van der Waals surface area contributed by atoms with Crippen molar-refractivity contribution >= 4 is 29.2 Å². The van der Waals surface area contributed by atoms with E-state index in [1.165, 1.54) is 7.11 Å². The fraction of sp³-hybridized carbons (Fsp3) is 0.188. The molecule has 0 spiro atoms. The number of rotatable bonds is 6. The molecule has 0 atom stereocenters. The molecule has 0 fully saturated rings. The van der Waals surface area contributed by atoms with Crippen molar-refractivity contribution in [3.63, 3.8) is 0 Å². The third-order valence-electron chi connectivity index (χ3n) is 3.06. The van der Waals surface area contributed by atoms with Gasteiger partial charge in [-0.05, 0) is 29.3 Å². The smallest absolute Gasteiger partial charge is 0.339 e. The molecule has 0 radical (unpaired) electrons. The molecule has 0 aromatic heterocycles. The van der Waals surface area contributed by atoms with Crippen molar-refractivity contribution in [3.8, 4) is 5.75 Å². The number of halogens is 2. The van der Waals surface area contributed by atoms with E-state index >= 15 is 0 Å². The molecule has 0 bridgehead atoms. The normalized spacial score (nSPS) is 10.5. The minimum absolute atomic E-state index is 0.110. The monoisotopic (exact) mass is 340 g/mol. The van der Waals surface area contributed by atoms with Crippen molar-refractivity contribution in [1.82, 2.24) is 0 Å². The summed E-state index contributed by atoms with van der Waals surface area (Å²) in [5, 5.41) is 10.2. The first kappa shape index (κ1) is 16.6. The number of carboxylic acids is 1. The molecule has 116 valence electrons. The first-order valence-corrected chi connectivity index (χ1v) is 7.19. The highest BCUT2D eigenvalue weighted by molar-refractivity contribution is 6.42. The first-order valence-electron chi connectivity index (χ1n) is 6.43. The van der Waals surface area contributed by atoms with Crippen molar-refractivity contribution in [3.05, 3.63) is 63.1 Å². The molecule has 0 aliphatic rings. The molecule has 4 nitrogen and oxygen atoms in total. The Kier molecular flexibility index (Phi) is 5.66. The summed E-state index contributed by atoms with van der Waals surface area (Å²) in [6, 6.07) is 10.2. The van der Waals surface area contributed by atoms with E-state index in [1.54, 1.807) is 36.4 Å².